The molecule has 0 bridgehead atoms. The van der Waals surface area contributed by atoms with Gasteiger partial charge < -0.3 is 36.8 Å². The second-order valence-corrected chi connectivity index (χ2v) is 8.42. The highest BCUT2D eigenvalue weighted by Gasteiger charge is 2.37. The molecule has 5 amide bonds. The number of nitrogens with one attached hydrogen (secondary N) is 4. The number of benzene rings is 2. The standard InChI is InChI=1S/C25H30F3N5O6/c26-25(27,28)13-20(33-24(38)39-15-17-5-2-1-3-6-17)22(36)32-19(7-4-12-30-23(29)37)21(35)31-18-10-8-16(14-34)9-11-18/h1-3,5-6,8-11,19-20,34H,4,7,12-15H2,(H,31,35)(H,32,36)(H,33,38)(H3,29,30,37)/t19-,20+/m0/s1. The lowest BCUT2D eigenvalue weighted by Gasteiger charge is -2.24. The highest BCUT2D eigenvalue weighted by molar-refractivity contribution is 5.98. The molecule has 0 spiro atoms. The first-order valence-corrected chi connectivity index (χ1v) is 11.8. The number of alkyl halides is 3. The van der Waals surface area contributed by atoms with Gasteiger partial charge >= 0.3 is 18.3 Å². The summed E-state index contributed by atoms with van der Waals surface area (Å²) in [4.78, 5) is 48.8. The van der Waals surface area contributed by atoms with Gasteiger partial charge in [-0.15, -0.1) is 0 Å². The monoisotopic (exact) mass is 553 g/mol. The molecule has 0 aliphatic heterocycles. The van der Waals surface area contributed by atoms with E-state index in [0.717, 1.165) is 0 Å². The van der Waals surface area contributed by atoms with Crippen LogP contribution in [-0.2, 0) is 27.5 Å². The highest BCUT2D eigenvalue weighted by Crippen LogP contribution is 2.22. The van der Waals surface area contributed by atoms with Crippen molar-refractivity contribution >= 4 is 29.6 Å². The van der Waals surface area contributed by atoms with Gasteiger partial charge in [0.05, 0.1) is 13.0 Å². The van der Waals surface area contributed by atoms with Crippen LogP contribution >= 0.6 is 0 Å². The Balaban J connectivity index is 2.11. The first-order chi connectivity index (χ1) is 18.5. The predicted molar refractivity (Wildman–Crippen MR) is 134 cm³/mol. The molecule has 39 heavy (non-hydrogen) atoms. The van der Waals surface area contributed by atoms with Crippen molar-refractivity contribution in [1.82, 2.24) is 16.0 Å². The zero-order valence-electron chi connectivity index (χ0n) is 20.8. The fourth-order valence-corrected chi connectivity index (χ4v) is 3.33. The molecule has 14 heteroatoms. The summed E-state index contributed by atoms with van der Waals surface area (Å²) in [5.74, 6) is -2.01. The van der Waals surface area contributed by atoms with Crippen molar-refractivity contribution < 1.29 is 42.2 Å². The van der Waals surface area contributed by atoms with E-state index in [4.69, 9.17) is 15.6 Å². The number of aliphatic hydroxyl groups excluding tert-OH is 1. The van der Waals surface area contributed by atoms with E-state index in [0.29, 0.717) is 16.8 Å². The predicted octanol–water partition coefficient (Wildman–Crippen LogP) is 2.30. The van der Waals surface area contributed by atoms with Crippen LogP contribution in [0.4, 0.5) is 28.4 Å². The summed E-state index contributed by atoms with van der Waals surface area (Å²) >= 11 is 0. The molecule has 0 aliphatic rings. The van der Waals surface area contributed by atoms with Crippen LogP contribution in [0.3, 0.4) is 0 Å². The summed E-state index contributed by atoms with van der Waals surface area (Å²) in [6, 6.07) is 10.2. The summed E-state index contributed by atoms with van der Waals surface area (Å²) in [5.41, 5.74) is 6.47. The molecule has 0 unspecified atom stereocenters. The molecule has 0 saturated heterocycles. The number of nitrogens with two attached hydrogens (primary N) is 1. The molecule has 0 aliphatic carbocycles. The smallest absolute Gasteiger partial charge is 0.408 e. The number of amides is 5. The molecule has 212 valence electrons. The Hall–Kier alpha value is -4.33. The third-order valence-electron chi connectivity index (χ3n) is 5.26. The number of carbonyl (C=O) groups is 4. The van der Waals surface area contributed by atoms with Gasteiger partial charge in [0, 0.05) is 12.2 Å². The van der Waals surface area contributed by atoms with E-state index in [1.165, 1.54) is 12.1 Å². The van der Waals surface area contributed by atoms with Crippen molar-refractivity contribution in [2.24, 2.45) is 5.73 Å². The van der Waals surface area contributed by atoms with Crippen LogP contribution in [0, 0.1) is 0 Å². The molecule has 0 saturated carbocycles. The Morgan fingerprint density at radius 1 is 0.897 bits per heavy atom. The Labute approximate surface area is 222 Å². The number of hydrogen-bond acceptors (Lipinski definition) is 6. The molecular formula is C25H30F3N5O6. The topological polar surface area (TPSA) is 172 Å². The number of ether oxygens (including phenoxy) is 1. The third kappa shape index (κ3) is 12.2. The number of primary amides is 1. The fraction of sp³-hybridized carbons (Fsp3) is 0.360. The largest absolute Gasteiger partial charge is 0.445 e. The van der Waals surface area contributed by atoms with E-state index in [1.807, 2.05) is 5.32 Å². The first kappa shape index (κ1) is 30.9. The Kier molecular flexibility index (Phi) is 12.0. The van der Waals surface area contributed by atoms with Crippen LogP contribution in [0.1, 0.15) is 30.4 Å². The number of carbonyl (C=O) groups excluding carboxylic acids is 4. The summed E-state index contributed by atoms with van der Waals surface area (Å²) < 4.78 is 44.6. The van der Waals surface area contributed by atoms with Crippen molar-refractivity contribution in [3.05, 3.63) is 65.7 Å². The normalized spacial score (nSPS) is 12.5. The Bertz CT molecular complexity index is 1100. The van der Waals surface area contributed by atoms with Crippen molar-refractivity contribution in [3.8, 4) is 0 Å². The third-order valence-corrected chi connectivity index (χ3v) is 5.26. The molecule has 0 fully saturated rings. The lowest BCUT2D eigenvalue weighted by Crippen LogP contribution is -2.54. The molecular weight excluding hydrogens is 523 g/mol. The van der Waals surface area contributed by atoms with Gasteiger partial charge in [0.25, 0.3) is 0 Å². The number of rotatable bonds is 13. The summed E-state index contributed by atoms with van der Waals surface area (Å²) in [6.45, 7) is -0.419. The van der Waals surface area contributed by atoms with Crippen LogP contribution in [0.2, 0.25) is 0 Å². The van der Waals surface area contributed by atoms with Gasteiger partial charge in [-0.05, 0) is 36.1 Å². The number of anilines is 1. The molecule has 0 radical (unpaired) electrons. The minimum Gasteiger partial charge on any atom is -0.445 e. The number of halogens is 3. The summed E-state index contributed by atoms with van der Waals surface area (Å²) in [5, 5.41) is 18.2. The average molecular weight is 554 g/mol. The van der Waals surface area contributed by atoms with Crippen LogP contribution < -0.4 is 27.0 Å². The zero-order valence-corrected chi connectivity index (χ0v) is 20.8. The second-order valence-electron chi connectivity index (χ2n) is 8.42. The summed E-state index contributed by atoms with van der Waals surface area (Å²) in [7, 11) is 0. The average Bonchev–Trinajstić information content (AvgIpc) is 2.88. The van der Waals surface area contributed by atoms with E-state index in [9.17, 15) is 32.3 Å². The van der Waals surface area contributed by atoms with Crippen molar-refractivity contribution in [1.29, 1.82) is 0 Å². The van der Waals surface area contributed by atoms with E-state index in [1.54, 1.807) is 42.5 Å². The van der Waals surface area contributed by atoms with Gasteiger partial charge in [-0.1, -0.05) is 42.5 Å². The van der Waals surface area contributed by atoms with E-state index >= 15 is 0 Å². The Morgan fingerprint density at radius 2 is 1.56 bits per heavy atom. The van der Waals surface area contributed by atoms with Crippen LogP contribution in [0.5, 0.6) is 0 Å². The maximum absolute atomic E-state index is 13.2. The van der Waals surface area contributed by atoms with Gasteiger partial charge in [0.2, 0.25) is 11.8 Å². The molecule has 2 rings (SSSR count). The van der Waals surface area contributed by atoms with Crippen LogP contribution in [0.25, 0.3) is 0 Å². The van der Waals surface area contributed by atoms with Gasteiger partial charge in [-0.25, -0.2) is 9.59 Å². The number of urea groups is 1. The maximum atomic E-state index is 13.2. The SMILES string of the molecule is NC(=O)NCCC[C@H](NC(=O)[C@@H](CC(F)(F)F)NC(=O)OCc1ccccc1)C(=O)Nc1ccc(CO)cc1. The van der Waals surface area contributed by atoms with Crippen molar-refractivity contribution in [2.75, 3.05) is 11.9 Å². The van der Waals surface area contributed by atoms with Crippen LogP contribution in [-0.4, -0.2) is 53.8 Å². The number of aliphatic hydroxyl groups is 1. The molecule has 2 aromatic carbocycles. The molecule has 7 N–H and O–H groups in total. The molecule has 2 aromatic rings. The van der Waals surface area contributed by atoms with Crippen molar-refractivity contribution in [2.45, 2.75) is 50.7 Å². The van der Waals surface area contributed by atoms with E-state index in [-0.39, 0.29) is 32.6 Å². The van der Waals surface area contributed by atoms with Gasteiger partial charge in [0.1, 0.15) is 18.7 Å². The minimum absolute atomic E-state index is 0.0379. The summed E-state index contributed by atoms with van der Waals surface area (Å²) in [6.07, 6.45) is -7.73. The lowest BCUT2D eigenvalue weighted by molar-refractivity contribution is -0.149. The lowest BCUT2D eigenvalue weighted by atomic mass is 10.1. The quantitative estimate of drug-likeness (QED) is 0.208. The van der Waals surface area contributed by atoms with E-state index in [2.05, 4.69) is 16.0 Å². The Morgan fingerprint density at radius 3 is 2.15 bits per heavy atom. The number of hydrogen-bond donors (Lipinski definition) is 6. The fourth-order valence-electron chi connectivity index (χ4n) is 3.33. The first-order valence-electron chi connectivity index (χ1n) is 11.8. The van der Waals surface area contributed by atoms with Gasteiger partial charge in [-0.2, -0.15) is 13.2 Å². The van der Waals surface area contributed by atoms with Gasteiger partial charge in [-0.3, -0.25) is 9.59 Å². The highest BCUT2D eigenvalue weighted by atomic mass is 19.4. The molecule has 11 nitrogen and oxygen atoms in total. The minimum atomic E-state index is -4.83. The van der Waals surface area contributed by atoms with Crippen molar-refractivity contribution in [3.63, 3.8) is 0 Å². The zero-order chi connectivity index (χ0) is 28.8. The molecule has 2 atom stereocenters. The van der Waals surface area contributed by atoms with Gasteiger partial charge in [0.15, 0.2) is 0 Å². The molecule has 0 heterocycles. The van der Waals surface area contributed by atoms with Crippen LogP contribution in [0.15, 0.2) is 54.6 Å². The second kappa shape index (κ2) is 15.2. The molecule has 0 aromatic heterocycles. The van der Waals surface area contributed by atoms with E-state index < -0.39 is 48.6 Å². The maximum Gasteiger partial charge on any atom is 0.408 e. The number of alkyl carbamates (subject to hydrolysis) is 1.